The quantitative estimate of drug-likeness (QED) is 0.169. The molecule has 3 aromatic carbocycles. The highest BCUT2D eigenvalue weighted by Crippen LogP contribution is 2.34. The third-order valence-corrected chi connectivity index (χ3v) is 10.6. The molecule has 1 saturated heterocycles. The van der Waals surface area contributed by atoms with Gasteiger partial charge in [-0.15, -0.1) is 16.4 Å². The monoisotopic (exact) mass is 716 g/mol. The lowest BCUT2D eigenvalue weighted by Gasteiger charge is -2.30. The number of nitrogens with one attached hydrogen (secondary N) is 1. The summed E-state index contributed by atoms with van der Waals surface area (Å²) >= 11 is 7.69. The molecule has 4 aromatic heterocycles. The van der Waals surface area contributed by atoms with Gasteiger partial charge in [-0.2, -0.15) is 5.10 Å². The van der Waals surface area contributed by atoms with Crippen LogP contribution >= 0.6 is 22.9 Å². The lowest BCUT2D eigenvalue weighted by molar-refractivity contribution is 0.0716. The minimum Gasteiger partial charge on any atom is -0.359 e. The van der Waals surface area contributed by atoms with Crippen molar-refractivity contribution in [2.24, 2.45) is 0 Å². The number of benzene rings is 3. The van der Waals surface area contributed by atoms with E-state index in [1.54, 1.807) is 4.68 Å². The molecule has 0 atom stereocenters. The first-order valence-corrected chi connectivity index (χ1v) is 17.9. The van der Waals surface area contributed by atoms with Gasteiger partial charge in [0.25, 0.3) is 11.8 Å². The molecule has 51 heavy (non-hydrogen) atoms. The van der Waals surface area contributed by atoms with Crippen LogP contribution in [0.3, 0.4) is 0 Å². The van der Waals surface area contributed by atoms with E-state index < -0.39 is 0 Å². The van der Waals surface area contributed by atoms with Crippen LogP contribution in [-0.2, 0) is 6.54 Å². The minimum atomic E-state index is -0.182. The van der Waals surface area contributed by atoms with E-state index in [1.807, 2.05) is 115 Å². The molecule has 1 aliphatic heterocycles. The molecule has 0 spiro atoms. The normalized spacial score (nSPS) is 13.6. The molecule has 0 unspecified atom stereocenters. The molecule has 7 aromatic rings. The van der Waals surface area contributed by atoms with Crippen molar-refractivity contribution >= 4 is 50.7 Å². The second kappa shape index (κ2) is 13.6. The van der Waals surface area contributed by atoms with Crippen molar-refractivity contribution in [3.05, 3.63) is 129 Å². The van der Waals surface area contributed by atoms with E-state index >= 15 is 0 Å². The van der Waals surface area contributed by atoms with E-state index in [9.17, 15) is 9.59 Å². The number of thiophene rings is 1. The average molecular weight is 717 g/mol. The summed E-state index contributed by atoms with van der Waals surface area (Å²) in [6, 6.07) is 26.5. The first-order valence-electron chi connectivity index (χ1n) is 16.7. The van der Waals surface area contributed by atoms with Gasteiger partial charge in [0, 0.05) is 52.3 Å². The number of fused-ring (bicyclic) bond motifs is 1. The van der Waals surface area contributed by atoms with Crippen molar-refractivity contribution in [3.63, 3.8) is 0 Å². The predicted molar refractivity (Wildman–Crippen MR) is 197 cm³/mol. The van der Waals surface area contributed by atoms with Crippen molar-refractivity contribution in [1.82, 2.24) is 34.8 Å². The Morgan fingerprint density at radius 1 is 0.980 bits per heavy atom. The Kier molecular flexibility index (Phi) is 8.70. The number of para-hydroxylation sites is 1. The molecule has 13 heteroatoms. The van der Waals surface area contributed by atoms with Crippen molar-refractivity contribution in [2.75, 3.05) is 18.4 Å². The zero-order valence-corrected chi connectivity index (χ0v) is 29.5. The Hall–Kier alpha value is -5.59. The molecule has 0 aliphatic carbocycles. The third kappa shape index (κ3) is 6.67. The molecule has 1 aliphatic rings. The second-order valence-corrected chi connectivity index (χ2v) is 14.2. The third-order valence-electron chi connectivity index (χ3n) is 9.25. The van der Waals surface area contributed by atoms with E-state index in [4.69, 9.17) is 16.1 Å². The average Bonchev–Trinajstić information content (AvgIpc) is 3.95. The number of carbonyl (C=O) groups excluding carboxylic acids is 2. The van der Waals surface area contributed by atoms with Crippen molar-refractivity contribution < 1.29 is 14.1 Å². The summed E-state index contributed by atoms with van der Waals surface area (Å²) in [5, 5.41) is 22.3. The Balaban J connectivity index is 0.893. The maximum Gasteiger partial charge on any atom is 0.264 e. The van der Waals surface area contributed by atoms with Crippen LogP contribution in [0.4, 0.5) is 5.69 Å². The molecule has 5 heterocycles. The highest BCUT2D eigenvalue weighted by atomic mass is 35.5. The molecular weight excluding hydrogens is 684 g/mol. The van der Waals surface area contributed by atoms with Gasteiger partial charge in [-0.1, -0.05) is 58.4 Å². The standard InChI is InChI=1S/C38H33ClN8O3S/c1-23-11-12-26(17-31(23)36(48)40-28-8-4-3-5-9-28)34-22-46(44-41-34)21-30-19-33(43-50-30)25-13-15-45(16-14-25)37(49)35-20-32-24(2)42-47(38(32)51-35)29-10-6-7-27(39)18-29/h3-12,17-20,22,25H,13-16,21H2,1-2H3,(H,40,48). The summed E-state index contributed by atoms with van der Waals surface area (Å²) in [4.78, 5) is 30.2. The van der Waals surface area contributed by atoms with Gasteiger partial charge in [0.15, 0.2) is 5.76 Å². The van der Waals surface area contributed by atoms with Gasteiger partial charge >= 0.3 is 0 Å². The first-order chi connectivity index (χ1) is 24.8. The van der Waals surface area contributed by atoms with Crippen LogP contribution in [0, 0.1) is 13.8 Å². The number of carbonyl (C=O) groups is 2. The zero-order valence-electron chi connectivity index (χ0n) is 27.9. The smallest absolute Gasteiger partial charge is 0.264 e. The molecule has 1 fully saturated rings. The van der Waals surface area contributed by atoms with Gasteiger partial charge in [-0.3, -0.25) is 9.59 Å². The van der Waals surface area contributed by atoms with E-state index in [2.05, 4.69) is 25.9 Å². The number of likely N-dealkylation sites (tertiary alicyclic amines) is 1. The van der Waals surface area contributed by atoms with E-state index in [-0.39, 0.29) is 17.7 Å². The van der Waals surface area contributed by atoms with Gasteiger partial charge in [0.1, 0.15) is 17.1 Å². The lowest BCUT2D eigenvalue weighted by atomic mass is 9.93. The summed E-state index contributed by atoms with van der Waals surface area (Å²) in [7, 11) is 0. The Morgan fingerprint density at radius 3 is 2.61 bits per heavy atom. The molecule has 11 nitrogen and oxygen atoms in total. The zero-order chi connectivity index (χ0) is 35.1. The molecule has 0 radical (unpaired) electrons. The molecule has 256 valence electrons. The summed E-state index contributed by atoms with van der Waals surface area (Å²) in [6.45, 7) is 5.49. The molecule has 1 N–H and O–H groups in total. The number of rotatable bonds is 8. The van der Waals surface area contributed by atoms with Gasteiger partial charge in [0.05, 0.1) is 28.1 Å². The first kappa shape index (κ1) is 32.6. The van der Waals surface area contributed by atoms with Crippen LogP contribution < -0.4 is 5.32 Å². The second-order valence-electron chi connectivity index (χ2n) is 12.7. The van der Waals surface area contributed by atoms with Gasteiger partial charge in [-0.25, -0.2) is 9.36 Å². The van der Waals surface area contributed by atoms with Crippen LogP contribution in [-0.4, -0.2) is 59.7 Å². The molecule has 0 saturated carbocycles. The number of nitrogens with zero attached hydrogens (tertiary/aromatic N) is 7. The SMILES string of the molecule is Cc1ccc(-c2cn(Cc3cc(C4CCN(C(=O)c5cc6c(C)nn(-c7cccc(Cl)c7)c6s5)CC4)no3)nn2)cc1C(=O)Nc1ccccc1. The summed E-state index contributed by atoms with van der Waals surface area (Å²) < 4.78 is 9.26. The van der Waals surface area contributed by atoms with E-state index in [0.717, 1.165) is 56.9 Å². The molecule has 8 rings (SSSR count). The Bertz CT molecular complexity index is 2390. The Labute approximate surface area is 302 Å². The minimum absolute atomic E-state index is 0.0343. The fourth-order valence-electron chi connectivity index (χ4n) is 6.48. The number of anilines is 1. The molecular formula is C38H33ClN8O3S. The predicted octanol–water partition coefficient (Wildman–Crippen LogP) is 7.92. The van der Waals surface area contributed by atoms with Gasteiger partial charge in [-0.05, 0) is 74.7 Å². The van der Waals surface area contributed by atoms with Crippen molar-refractivity contribution in [1.29, 1.82) is 0 Å². The topological polar surface area (TPSA) is 124 Å². The van der Waals surface area contributed by atoms with E-state index in [0.29, 0.717) is 46.6 Å². The number of aromatic nitrogens is 6. The Morgan fingerprint density at radius 2 is 1.80 bits per heavy atom. The summed E-state index contributed by atoms with van der Waals surface area (Å²) in [6.07, 6.45) is 3.41. The number of hydrogen-bond donors (Lipinski definition) is 1. The fraction of sp³-hybridized carbons (Fsp3) is 0.211. The molecule has 0 bridgehead atoms. The van der Waals surface area contributed by atoms with Crippen LogP contribution in [0.15, 0.2) is 95.6 Å². The molecule has 2 amide bonds. The number of piperidine rings is 1. The largest absolute Gasteiger partial charge is 0.359 e. The maximum atomic E-state index is 13.6. The highest BCUT2D eigenvalue weighted by molar-refractivity contribution is 7.20. The number of hydrogen-bond acceptors (Lipinski definition) is 8. The number of aryl methyl sites for hydroxylation is 2. The van der Waals surface area contributed by atoms with Crippen molar-refractivity contribution in [2.45, 2.75) is 39.2 Å². The van der Waals surface area contributed by atoms with Crippen LogP contribution in [0.25, 0.3) is 27.2 Å². The maximum absolute atomic E-state index is 13.6. The van der Waals surface area contributed by atoms with Crippen LogP contribution in [0.2, 0.25) is 5.02 Å². The van der Waals surface area contributed by atoms with Crippen LogP contribution in [0.5, 0.6) is 0 Å². The summed E-state index contributed by atoms with van der Waals surface area (Å²) in [5.74, 6) is 0.707. The summed E-state index contributed by atoms with van der Waals surface area (Å²) in [5.41, 5.74) is 6.23. The number of halogens is 1. The lowest BCUT2D eigenvalue weighted by Crippen LogP contribution is -2.37. The van der Waals surface area contributed by atoms with Gasteiger partial charge < -0.3 is 14.7 Å². The fourth-order valence-corrected chi connectivity index (χ4v) is 7.81. The van der Waals surface area contributed by atoms with Crippen LogP contribution in [0.1, 0.15) is 61.5 Å². The van der Waals surface area contributed by atoms with Gasteiger partial charge in [0.2, 0.25) is 0 Å². The van der Waals surface area contributed by atoms with Crippen molar-refractivity contribution in [3.8, 4) is 16.9 Å². The number of amides is 2. The van der Waals surface area contributed by atoms with E-state index in [1.165, 1.54) is 11.3 Å². The highest BCUT2D eigenvalue weighted by Gasteiger charge is 2.28.